The van der Waals surface area contributed by atoms with Gasteiger partial charge in [-0.15, -0.1) is 0 Å². The van der Waals surface area contributed by atoms with Crippen LogP contribution in [-0.4, -0.2) is 22.5 Å². The Morgan fingerprint density at radius 2 is 1.93 bits per heavy atom. The highest BCUT2D eigenvalue weighted by Crippen LogP contribution is 2.26. The molecule has 0 aliphatic carbocycles. The average molecular weight is 193 g/mol. The molecule has 0 aliphatic heterocycles. The number of aliphatic hydroxyl groups excluding tert-OH is 1. The van der Waals surface area contributed by atoms with E-state index in [0.29, 0.717) is 5.56 Å². The summed E-state index contributed by atoms with van der Waals surface area (Å²) in [6.45, 7) is 3.42. The summed E-state index contributed by atoms with van der Waals surface area (Å²) >= 11 is 0. The smallest absolute Gasteiger partial charge is 0.124 e. The van der Waals surface area contributed by atoms with Crippen LogP contribution in [0.3, 0.4) is 0 Å². The second kappa shape index (κ2) is 3.80. The molecule has 0 spiro atoms. The molecule has 0 fully saturated rings. The van der Waals surface area contributed by atoms with Gasteiger partial charge >= 0.3 is 0 Å². The third-order valence-electron chi connectivity index (χ3n) is 2.25. The summed E-state index contributed by atoms with van der Waals surface area (Å²) in [5.74, 6) is 0.0824. The van der Waals surface area contributed by atoms with Crippen molar-refractivity contribution < 1.29 is 10.2 Å². The number of phenolic OH excluding ortho intramolecular Hbond substituents is 1. The summed E-state index contributed by atoms with van der Waals surface area (Å²) in [4.78, 5) is 0. The predicted octanol–water partition coefficient (Wildman–Crippen LogP) is 1.78. The zero-order chi connectivity index (χ0) is 10.8. The number of rotatable bonds is 3. The van der Waals surface area contributed by atoms with Crippen LogP contribution < -0.4 is 0 Å². The number of aromatic hydroxyl groups is 1. The van der Waals surface area contributed by atoms with Gasteiger partial charge in [0.2, 0.25) is 0 Å². The number of para-hydroxylation sites is 1. The summed E-state index contributed by atoms with van der Waals surface area (Å²) in [5, 5.41) is 26.5. The Labute approximate surface area is 83.5 Å². The molecule has 1 aromatic rings. The number of aliphatic hydroxyl groups is 1. The number of benzene rings is 1. The van der Waals surface area contributed by atoms with E-state index in [1.807, 2.05) is 0 Å². The normalized spacial score (nSPS) is 11.4. The van der Waals surface area contributed by atoms with Gasteiger partial charge in [-0.2, -0.15) is 0 Å². The van der Waals surface area contributed by atoms with Crippen LogP contribution in [0, 0.1) is 10.8 Å². The third kappa shape index (κ3) is 1.93. The minimum Gasteiger partial charge on any atom is -0.507 e. The van der Waals surface area contributed by atoms with Crippen LogP contribution in [0.15, 0.2) is 24.3 Å². The Bertz CT molecular complexity index is 345. The van der Waals surface area contributed by atoms with Gasteiger partial charge in [-0.3, -0.25) is 0 Å². The van der Waals surface area contributed by atoms with Crippen molar-refractivity contribution in [3.63, 3.8) is 0 Å². The predicted molar refractivity (Wildman–Crippen MR) is 55.8 cm³/mol. The molecule has 0 bridgehead atoms. The molecule has 76 valence electrons. The van der Waals surface area contributed by atoms with Gasteiger partial charge in [-0.05, 0) is 12.1 Å². The Balaban J connectivity index is 3.07. The highest BCUT2D eigenvalue weighted by atomic mass is 16.3. The number of nitrogens with one attached hydrogen (secondary N) is 1. The first kappa shape index (κ1) is 10.7. The third-order valence-corrected chi connectivity index (χ3v) is 2.25. The van der Waals surface area contributed by atoms with E-state index in [2.05, 4.69) is 0 Å². The maximum Gasteiger partial charge on any atom is 0.124 e. The van der Waals surface area contributed by atoms with E-state index in [9.17, 15) is 5.11 Å². The lowest BCUT2D eigenvalue weighted by atomic mass is 9.84. The highest BCUT2D eigenvalue weighted by molar-refractivity contribution is 6.04. The molecule has 0 saturated carbocycles. The maximum atomic E-state index is 9.52. The number of hydrogen-bond acceptors (Lipinski definition) is 3. The Morgan fingerprint density at radius 3 is 2.43 bits per heavy atom. The van der Waals surface area contributed by atoms with Gasteiger partial charge in [0.1, 0.15) is 5.75 Å². The Kier molecular flexibility index (Phi) is 2.91. The van der Waals surface area contributed by atoms with Gasteiger partial charge in [-0.25, -0.2) is 0 Å². The summed E-state index contributed by atoms with van der Waals surface area (Å²) in [6.07, 6.45) is 0. The molecule has 3 nitrogen and oxygen atoms in total. The van der Waals surface area contributed by atoms with Crippen LogP contribution in [0.1, 0.15) is 19.4 Å². The van der Waals surface area contributed by atoms with Crippen LogP contribution in [0.4, 0.5) is 0 Å². The van der Waals surface area contributed by atoms with Crippen molar-refractivity contribution in [1.29, 1.82) is 5.41 Å². The van der Waals surface area contributed by atoms with Crippen LogP contribution in [0.25, 0.3) is 0 Å². The maximum absolute atomic E-state index is 9.52. The topological polar surface area (TPSA) is 64.3 Å². The molecule has 3 heteroatoms. The lowest BCUT2D eigenvalue weighted by Crippen LogP contribution is -2.28. The molecule has 1 rings (SSSR count). The Hall–Kier alpha value is -1.35. The fraction of sp³-hybridized carbons (Fsp3) is 0.364. The molecule has 14 heavy (non-hydrogen) atoms. The van der Waals surface area contributed by atoms with E-state index in [1.165, 1.54) is 6.07 Å². The molecule has 0 heterocycles. The zero-order valence-corrected chi connectivity index (χ0v) is 8.41. The second-order valence-corrected chi connectivity index (χ2v) is 3.93. The number of phenols is 1. The largest absolute Gasteiger partial charge is 0.507 e. The molecule has 0 saturated heterocycles. The Morgan fingerprint density at radius 1 is 1.36 bits per heavy atom. The lowest BCUT2D eigenvalue weighted by molar-refractivity contribution is 0.213. The van der Waals surface area contributed by atoms with E-state index in [4.69, 9.17) is 10.5 Å². The SMILES string of the molecule is CC(C)(CO)C(=N)c1ccccc1O. The quantitative estimate of drug-likeness (QED) is 0.641. The van der Waals surface area contributed by atoms with E-state index in [-0.39, 0.29) is 18.1 Å². The van der Waals surface area contributed by atoms with Crippen LogP contribution >= 0.6 is 0 Å². The molecule has 0 unspecified atom stereocenters. The zero-order valence-electron chi connectivity index (χ0n) is 8.41. The summed E-state index contributed by atoms with van der Waals surface area (Å²) < 4.78 is 0. The molecule has 0 amide bonds. The van der Waals surface area contributed by atoms with E-state index in [1.54, 1.807) is 32.0 Å². The molecule has 0 aliphatic rings. The fourth-order valence-corrected chi connectivity index (χ4v) is 1.13. The van der Waals surface area contributed by atoms with Gasteiger partial charge in [0.25, 0.3) is 0 Å². The van der Waals surface area contributed by atoms with Crippen LogP contribution in [0.5, 0.6) is 5.75 Å². The average Bonchev–Trinajstić information content (AvgIpc) is 2.17. The summed E-state index contributed by atoms with van der Waals surface area (Å²) in [6, 6.07) is 6.68. The van der Waals surface area contributed by atoms with Crippen molar-refractivity contribution in [3.8, 4) is 5.75 Å². The minimum atomic E-state index is -0.626. The molecular formula is C11H15NO2. The van der Waals surface area contributed by atoms with Gasteiger partial charge < -0.3 is 15.6 Å². The molecule has 0 aromatic heterocycles. The second-order valence-electron chi connectivity index (χ2n) is 3.93. The number of hydrogen-bond donors (Lipinski definition) is 3. The monoisotopic (exact) mass is 193 g/mol. The van der Waals surface area contributed by atoms with E-state index >= 15 is 0 Å². The first-order chi connectivity index (χ1) is 6.49. The summed E-state index contributed by atoms with van der Waals surface area (Å²) in [7, 11) is 0. The molecule has 3 N–H and O–H groups in total. The van der Waals surface area contributed by atoms with E-state index < -0.39 is 5.41 Å². The van der Waals surface area contributed by atoms with Gasteiger partial charge in [0, 0.05) is 11.0 Å². The standard InChI is InChI=1S/C11H15NO2/c1-11(2,7-13)10(12)8-5-3-4-6-9(8)14/h3-6,12-14H,7H2,1-2H3. The molecule has 0 atom stereocenters. The first-order valence-electron chi connectivity index (χ1n) is 4.47. The van der Waals surface area contributed by atoms with Gasteiger partial charge in [-0.1, -0.05) is 26.0 Å². The van der Waals surface area contributed by atoms with Crippen LogP contribution in [0.2, 0.25) is 0 Å². The van der Waals surface area contributed by atoms with Crippen molar-refractivity contribution in [3.05, 3.63) is 29.8 Å². The minimum absolute atomic E-state index is 0.0824. The lowest BCUT2D eigenvalue weighted by Gasteiger charge is -2.23. The fourth-order valence-electron chi connectivity index (χ4n) is 1.13. The van der Waals surface area contributed by atoms with Crippen molar-refractivity contribution in [1.82, 2.24) is 0 Å². The molecule has 1 aromatic carbocycles. The van der Waals surface area contributed by atoms with Gasteiger partial charge in [0.05, 0.1) is 12.3 Å². The molecular weight excluding hydrogens is 178 g/mol. The highest BCUT2D eigenvalue weighted by Gasteiger charge is 2.25. The summed E-state index contributed by atoms with van der Waals surface area (Å²) in [5.41, 5.74) is 0.100. The van der Waals surface area contributed by atoms with Crippen molar-refractivity contribution in [2.24, 2.45) is 5.41 Å². The van der Waals surface area contributed by atoms with Gasteiger partial charge in [0.15, 0.2) is 0 Å². The van der Waals surface area contributed by atoms with E-state index in [0.717, 1.165) is 0 Å². The van der Waals surface area contributed by atoms with Crippen molar-refractivity contribution in [2.75, 3.05) is 6.61 Å². The van der Waals surface area contributed by atoms with Crippen LogP contribution in [-0.2, 0) is 0 Å². The first-order valence-corrected chi connectivity index (χ1v) is 4.47. The molecule has 0 radical (unpaired) electrons. The van der Waals surface area contributed by atoms with Crippen molar-refractivity contribution in [2.45, 2.75) is 13.8 Å². The van der Waals surface area contributed by atoms with Crippen molar-refractivity contribution >= 4 is 5.71 Å².